The zero-order chi connectivity index (χ0) is 16.3. The van der Waals surface area contributed by atoms with Gasteiger partial charge >= 0.3 is 0 Å². The summed E-state index contributed by atoms with van der Waals surface area (Å²) in [5, 5.41) is 18.6. The first kappa shape index (κ1) is 16.7. The molecule has 0 spiro atoms. The first-order chi connectivity index (χ1) is 10.4. The van der Waals surface area contributed by atoms with Gasteiger partial charge in [-0.15, -0.1) is 0 Å². The second-order valence-electron chi connectivity index (χ2n) is 6.09. The van der Waals surface area contributed by atoms with Crippen molar-refractivity contribution in [3.05, 3.63) is 23.8 Å². The summed E-state index contributed by atoms with van der Waals surface area (Å²) >= 11 is 0. The number of nitrogens with zero attached hydrogens (tertiary/aromatic N) is 1. The van der Waals surface area contributed by atoms with E-state index in [1.165, 1.54) is 4.90 Å². The number of β-amino-alcohol motifs (C(OH)–C–C–N with tert-alkyl or cyclic N) is 1. The highest BCUT2D eigenvalue weighted by molar-refractivity contribution is 5.98. The van der Waals surface area contributed by atoms with Gasteiger partial charge in [-0.2, -0.15) is 0 Å². The second-order valence-corrected chi connectivity index (χ2v) is 6.09. The normalized spacial score (nSPS) is 17.2. The Morgan fingerprint density at radius 3 is 2.77 bits per heavy atom. The van der Waals surface area contributed by atoms with Crippen LogP contribution in [0.1, 0.15) is 31.9 Å². The molecule has 1 aromatic rings. The third-order valence-electron chi connectivity index (χ3n) is 3.68. The topological polar surface area (TPSA) is 96.0 Å². The molecule has 0 aromatic heterocycles. The zero-order valence-corrected chi connectivity index (χ0v) is 13.0. The van der Waals surface area contributed by atoms with Crippen molar-refractivity contribution in [2.75, 3.05) is 24.7 Å². The first-order valence-corrected chi connectivity index (χ1v) is 7.54. The van der Waals surface area contributed by atoms with Crippen LogP contribution in [-0.4, -0.2) is 42.0 Å². The van der Waals surface area contributed by atoms with E-state index in [1.807, 2.05) is 12.1 Å². The predicted molar refractivity (Wildman–Crippen MR) is 83.8 cm³/mol. The minimum absolute atomic E-state index is 0.0363. The Morgan fingerprint density at radius 1 is 1.41 bits per heavy atom. The molecule has 122 valence electrons. The molecule has 1 aliphatic heterocycles. The van der Waals surface area contributed by atoms with E-state index >= 15 is 0 Å². The Hall–Kier alpha value is -1.63. The SMILES string of the molecule is CC(C)CC(N)c1ccc2c(c1)N(CC(O)CO)C(=O)CO2. The summed E-state index contributed by atoms with van der Waals surface area (Å²) in [5.74, 6) is 0.816. The smallest absolute Gasteiger partial charge is 0.265 e. The molecular formula is C16H24N2O4. The van der Waals surface area contributed by atoms with Crippen LogP contribution < -0.4 is 15.4 Å². The molecule has 2 rings (SSSR count). The lowest BCUT2D eigenvalue weighted by Gasteiger charge is -2.31. The number of anilines is 1. The first-order valence-electron chi connectivity index (χ1n) is 7.54. The number of hydrogen-bond donors (Lipinski definition) is 3. The average molecular weight is 308 g/mol. The minimum Gasteiger partial charge on any atom is -0.482 e. The van der Waals surface area contributed by atoms with Crippen LogP contribution in [0.15, 0.2) is 18.2 Å². The van der Waals surface area contributed by atoms with Crippen LogP contribution in [0.25, 0.3) is 0 Å². The summed E-state index contributed by atoms with van der Waals surface area (Å²) in [7, 11) is 0. The summed E-state index contributed by atoms with van der Waals surface area (Å²) in [6.07, 6.45) is -0.143. The summed E-state index contributed by atoms with van der Waals surface area (Å²) < 4.78 is 5.42. The lowest BCUT2D eigenvalue weighted by molar-refractivity contribution is -0.121. The van der Waals surface area contributed by atoms with Gasteiger partial charge in [0, 0.05) is 6.04 Å². The van der Waals surface area contributed by atoms with Gasteiger partial charge in [0.15, 0.2) is 6.61 Å². The van der Waals surface area contributed by atoms with E-state index in [0.29, 0.717) is 17.4 Å². The zero-order valence-electron chi connectivity index (χ0n) is 13.0. The Balaban J connectivity index is 2.29. The van der Waals surface area contributed by atoms with Gasteiger partial charge in [0.25, 0.3) is 5.91 Å². The van der Waals surface area contributed by atoms with Gasteiger partial charge < -0.3 is 25.6 Å². The van der Waals surface area contributed by atoms with E-state index in [1.54, 1.807) is 6.07 Å². The van der Waals surface area contributed by atoms with Crippen LogP contribution in [0.5, 0.6) is 5.75 Å². The van der Waals surface area contributed by atoms with E-state index in [0.717, 1.165) is 12.0 Å². The van der Waals surface area contributed by atoms with Gasteiger partial charge in [0.05, 0.1) is 24.9 Å². The molecule has 6 nitrogen and oxygen atoms in total. The van der Waals surface area contributed by atoms with E-state index in [4.69, 9.17) is 15.6 Å². The molecule has 0 fully saturated rings. The third-order valence-corrected chi connectivity index (χ3v) is 3.68. The van der Waals surface area contributed by atoms with Gasteiger partial charge in [-0.3, -0.25) is 4.79 Å². The quantitative estimate of drug-likeness (QED) is 0.723. The molecule has 0 radical (unpaired) electrons. The number of fused-ring (bicyclic) bond motifs is 1. The Bertz CT molecular complexity index is 533. The standard InChI is InChI=1S/C16H24N2O4/c1-10(2)5-13(17)11-3-4-15-14(6-11)18(7-12(20)8-19)16(21)9-22-15/h3-4,6,10,12-13,19-20H,5,7-9,17H2,1-2H3. The van der Waals surface area contributed by atoms with Gasteiger partial charge in [-0.25, -0.2) is 0 Å². The van der Waals surface area contributed by atoms with Crippen molar-refractivity contribution < 1.29 is 19.7 Å². The van der Waals surface area contributed by atoms with Gasteiger partial charge in [0.2, 0.25) is 0 Å². The molecule has 4 N–H and O–H groups in total. The van der Waals surface area contributed by atoms with Crippen LogP contribution in [-0.2, 0) is 4.79 Å². The Labute approximate surface area is 130 Å². The fraction of sp³-hybridized carbons (Fsp3) is 0.562. The molecule has 2 atom stereocenters. The molecule has 1 heterocycles. The molecule has 0 saturated heterocycles. The number of benzene rings is 1. The van der Waals surface area contributed by atoms with Crippen LogP contribution >= 0.6 is 0 Å². The molecule has 0 saturated carbocycles. The maximum Gasteiger partial charge on any atom is 0.265 e. The number of nitrogens with two attached hydrogens (primary N) is 1. The fourth-order valence-electron chi connectivity index (χ4n) is 2.56. The van der Waals surface area contributed by atoms with E-state index in [-0.39, 0.29) is 25.1 Å². The van der Waals surface area contributed by atoms with Crippen LogP contribution in [0.3, 0.4) is 0 Å². The lowest BCUT2D eigenvalue weighted by Crippen LogP contribution is -2.44. The predicted octanol–water partition coefficient (Wildman–Crippen LogP) is 0.811. The number of hydrogen-bond acceptors (Lipinski definition) is 5. The summed E-state index contributed by atoms with van der Waals surface area (Å²) in [5.41, 5.74) is 7.73. The highest BCUT2D eigenvalue weighted by Gasteiger charge is 2.28. The van der Waals surface area contributed by atoms with Crippen molar-refractivity contribution in [1.82, 2.24) is 0 Å². The van der Waals surface area contributed by atoms with Crippen molar-refractivity contribution in [1.29, 1.82) is 0 Å². The monoisotopic (exact) mass is 308 g/mol. The van der Waals surface area contributed by atoms with E-state index in [9.17, 15) is 9.90 Å². The fourth-order valence-corrected chi connectivity index (χ4v) is 2.56. The molecule has 6 heteroatoms. The number of carbonyl (C=O) groups is 1. The second kappa shape index (κ2) is 7.09. The van der Waals surface area contributed by atoms with E-state index < -0.39 is 12.7 Å². The highest BCUT2D eigenvalue weighted by atomic mass is 16.5. The highest BCUT2D eigenvalue weighted by Crippen LogP contribution is 2.35. The van der Waals surface area contributed by atoms with Gasteiger partial charge in [-0.05, 0) is 30.0 Å². The summed E-state index contributed by atoms with van der Waals surface area (Å²) in [4.78, 5) is 13.5. The molecule has 1 aromatic carbocycles. The van der Waals surface area contributed by atoms with Crippen molar-refractivity contribution in [3.8, 4) is 5.75 Å². The molecule has 1 amide bonds. The molecule has 1 aliphatic rings. The summed E-state index contributed by atoms with van der Waals surface area (Å²) in [6, 6.07) is 5.42. The van der Waals surface area contributed by atoms with Crippen molar-refractivity contribution in [2.45, 2.75) is 32.4 Å². The average Bonchev–Trinajstić information content (AvgIpc) is 2.48. The van der Waals surface area contributed by atoms with Crippen LogP contribution in [0.2, 0.25) is 0 Å². The van der Waals surface area contributed by atoms with Crippen LogP contribution in [0.4, 0.5) is 5.69 Å². The molecule has 2 unspecified atom stereocenters. The number of carbonyl (C=O) groups excluding carboxylic acids is 1. The molecule has 0 bridgehead atoms. The molecule has 0 aliphatic carbocycles. The molecule has 22 heavy (non-hydrogen) atoms. The number of aliphatic hydroxyl groups excluding tert-OH is 2. The van der Waals surface area contributed by atoms with Gasteiger partial charge in [0.1, 0.15) is 5.75 Å². The summed E-state index contributed by atoms with van der Waals surface area (Å²) in [6.45, 7) is 3.78. The van der Waals surface area contributed by atoms with Crippen molar-refractivity contribution in [2.24, 2.45) is 11.7 Å². The van der Waals surface area contributed by atoms with Gasteiger partial charge in [-0.1, -0.05) is 19.9 Å². The van der Waals surface area contributed by atoms with Crippen molar-refractivity contribution in [3.63, 3.8) is 0 Å². The maximum atomic E-state index is 12.0. The lowest BCUT2D eigenvalue weighted by atomic mass is 9.97. The largest absolute Gasteiger partial charge is 0.482 e. The minimum atomic E-state index is -0.983. The number of rotatable bonds is 6. The number of ether oxygens (including phenoxy) is 1. The third kappa shape index (κ3) is 3.76. The Morgan fingerprint density at radius 2 is 2.14 bits per heavy atom. The number of aliphatic hydroxyl groups is 2. The van der Waals surface area contributed by atoms with Crippen molar-refractivity contribution >= 4 is 11.6 Å². The maximum absolute atomic E-state index is 12.0. The number of amides is 1. The van der Waals surface area contributed by atoms with Crippen LogP contribution in [0, 0.1) is 5.92 Å². The Kier molecular flexibility index (Phi) is 5.39. The molecular weight excluding hydrogens is 284 g/mol. The van der Waals surface area contributed by atoms with E-state index in [2.05, 4.69) is 13.8 Å².